The number of nitro benzene ring substituents is 1. The molecule has 0 unspecified atom stereocenters. The normalized spacial score (nSPS) is 11.5. The Kier molecular flexibility index (Phi) is 5.12. The van der Waals surface area contributed by atoms with Gasteiger partial charge in [-0.3, -0.25) is 10.1 Å². The molecule has 0 aliphatic rings. The second-order valence-electron chi connectivity index (χ2n) is 4.76. The van der Waals surface area contributed by atoms with E-state index in [4.69, 9.17) is 0 Å². The molecule has 0 aliphatic carbocycles. The average Bonchev–Trinajstić information content (AvgIpc) is 2.53. The van der Waals surface area contributed by atoms with Crippen LogP contribution >= 0.6 is 15.9 Å². The van der Waals surface area contributed by atoms with Crippen molar-refractivity contribution in [1.82, 2.24) is 0 Å². The fourth-order valence-electron chi connectivity index (χ4n) is 2.17. The van der Waals surface area contributed by atoms with Crippen molar-refractivity contribution in [3.8, 4) is 6.07 Å². The molecule has 0 saturated carbocycles. The van der Waals surface area contributed by atoms with E-state index in [0.717, 1.165) is 16.5 Å². The van der Waals surface area contributed by atoms with Crippen molar-refractivity contribution in [2.45, 2.75) is 19.4 Å². The molecule has 0 saturated heterocycles. The summed E-state index contributed by atoms with van der Waals surface area (Å²) in [4.78, 5) is 10.3. The molecule has 1 N–H and O–H groups in total. The van der Waals surface area contributed by atoms with Crippen molar-refractivity contribution in [1.29, 1.82) is 5.26 Å². The molecule has 2 aromatic carbocycles. The van der Waals surface area contributed by atoms with Crippen LogP contribution < -0.4 is 5.32 Å². The van der Waals surface area contributed by atoms with Crippen LogP contribution in [0, 0.1) is 21.4 Å². The number of nitrogens with zero attached hydrogens (tertiary/aromatic N) is 2. The molecule has 0 spiro atoms. The Morgan fingerprint density at radius 1 is 1.32 bits per heavy atom. The lowest BCUT2D eigenvalue weighted by molar-refractivity contribution is -0.384. The highest BCUT2D eigenvalue weighted by molar-refractivity contribution is 9.10. The number of anilines is 1. The Balaban J connectivity index is 2.30. The monoisotopic (exact) mass is 359 g/mol. The summed E-state index contributed by atoms with van der Waals surface area (Å²) in [6, 6.07) is 14.2. The Labute approximate surface area is 136 Å². The number of nitrogens with one attached hydrogen (secondary N) is 1. The number of non-ortho nitro benzene ring substituents is 1. The van der Waals surface area contributed by atoms with Crippen LogP contribution in [0.5, 0.6) is 0 Å². The first-order chi connectivity index (χ1) is 10.5. The molecular formula is C16H14BrN3O2. The van der Waals surface area contributed by atoms with Crippen LogP contribution in [0.25, 0.3) is 0 Å². The molecule has 112 valence electrons. The second-order valence-corrected chi connectivity index (χ2v) is 5.67. The maximum atomic E-state index is 10.8. The molecule has 0 aliphatic heterocycles. The van der Waals surface area contributed by atoms with Crippen molar-refractivity contribution in [2.75, 3.05) is 5.32 Å². The van der Waals surface area contributed by atoms with Gasteiger partial charge < -0.3 is 5.32 Å². The van der Waals surface area contributed by atoms with Crippen molar-refractivity contribution < 1.29 is 4.92 Å². The minimum atomic E-state index is -0.503. The molecule has 5 nitrogen and oxygen atoms in total. The Morgan fingerprint density at radius 3 is 2.55 bits per heavy atom. The topological polar surface area (TPSA) is 79.0 Å². The number of benzene rings is 2. The standard InChI is InChI=1S/C16H14BrN3O2/c1-2-15(11-3-5-13(17)6-4-11)19-16-8-7-14(20(21)22)9-12(16)10-18/h3-9,15,19H,2H2,1H3/t15-/m1/s1. The van der Waals surface area contributed by atoms with Gasteiger partial charge in [-0.2, -0.15) is 5.26 Å². The van der Waals surface area contributed by atoms with E-state index in [-0.39, 0.29) is 17.3 Å². The van der Waals surface area contributed by atoms with Crippen molar-refractivity contribution in [3.05, 3.63) is 68.2 Å². The molecule has 0 fully saturated rings. The van der Waals surface area contributed by atoms with Gasteiger partial charge in [0.2, 0.25) is 0 Å². The van der Waals surface area contributed by atoms with Crippen LogP contribution in [0.15, 0.2) is 46.9 Å². The van der Waals surface area contributed by atoms with E-state index in [1.807, 2.05) is 37.3 Å². The van der Waals surface area contributed by atoms with E-state index in [2.05, 4.69) is 21.2 Å². The van der Waals surface area contributed by atoms with Crippen LogP contribution in [-0.4, -0.2) is 4.92 Å². The highest BCUT2D eigenvalue weighted by atomic mass is 79.9. The number of nitro groups is 1. The van der Waals surface area contributed by atoms with Gasteiger partial charge in [-0.15, -0.1) is 0 Å². The second kappa shape index (κ2) is 7.05. The SMILES string of the molecule is CC[C@@H](Nc1ccc([N+](=O)[O-])cc1C#N)c1ccc(Br)cc1. The lowest BCUT2D eigenvalue weighted by Crippen LogP contribution is -2.10. The summed E-state index contributed by atoms with van der Waals surface area (Å²) in [6.07, 6.45) is 0.823. The summed E-state index contributed by atoms with van der Waals surface area (Å²) in [5.41, 5.74) is 1.87. The third kappa shape index (κ3) is 3.62. The summed E-state index contributed by atoms with van der Waals surface area (Å²) in [7, 11) is 0. The van der Waals surface area contributed by atoms with Gasteiger partial charge in [0.15, 0.2) is 0 Å². The molecule has 0 bridgehead atoms. The van der Waals surface area contributed by atoms with Gasteiger partial charge in [-0.05, 0) is 30.2 Å². The maximum Gasteiger partial charge on any atom is 0.270 e. The smallest absolute Gasteiger partial charge is 0.270 e. The van der Waals surface area contributed by atoms with Gasteiger partial charge in [0.05, 0.1) is 22.2 Å². The number of hydrogen-bond donors (Lipinski definition) is 1. The van der Waals surface area contributed by atoms with Gasteiger partial charge in [-0.1, -0.05) is 35.0 Å². The first kappa shape index (κ1) is 16.0. The molecule has 0 amide bonds. The van der Waals surface area contributed by atoms with Gasteiger partial charge in [-0.25, -0.2) is 0 Å². The average molecular weight is 360 g/mol. The highest BCUT2D eigenvalue weighted by Gasteiger charge is 2.14. The number of nitriles is 1. The minimum Gasteiger partial charge on any atom is -0.377 e. The highest BCUT2D eigenvalue weighted by Crippen LogP contribution is 2.28. The van der Waals surface area contributed by atoms with Gasteiger partial charge in [0, 0.05) is 16.6 Å². The van der Waals surface area contributed by atoms with Crippen molar-refractivity contribution in [3.63, 3.8) is 0 Å². The van der Waals surface area contributed by atoms with E-state index in [1.54, 1.807) is 6.07 Å². The molecule has 2 rings (SSSR count). The minimum absolute atomic E-state index is 0.0293. The summed E-state index contributed by atoms with van der Waals surface area (Å²) in [5, 5.41) is 23.3. The molecular weight excluding hydrogens is 346 g/mol. The zero-order valence-corrected chi connectivity index (χ0v) is 13.5. The predicted molar refractivity (Wildman–Crippen MR) is 88.6 cm³/mol. The van der Waals surface area contributed by atoms with E-state index < -0.39 is 4.92 Å². The lowest BCUT2D eigenvalue weighted by Gasteiger charge is -2.19. The van der Waals surface area contributed by atoms with E-state index in [0.29, 0.717) is 5.69 Å². The van der Waals surface area contributed by atoms with Gasteiger partial charge in [0.1, 0.15) is 6.07 Å². The van der Waals surface area contributed by atoms with E-state index in [1.165, 1.54) is 12.1 Å². The summed E-state index contributed by atoms with van der Waals surface area (Å²) >= 11 is 3.40. The van der Waals surface area contributed by atoms with Crippen molar-refractivity contribution in [2.24, 2.45) is 0 Å². The Bertz CT molecular complexity index is 723. The first-order valence-corrected chi connectivity index (χ1v) is 7.55. The summed E-state index contributed by atoms with van der Waals surface area (Å²) in [5.74, 6) is 0. The fourth-order valence-corrected chi connectivity index (χ4v) is 2.43. The molecule has 0 radical (unpaired) electrons. The Morgan fingerprint density at radius 2 is 2.00 bits per heavy atom. The van der Waals surface area contributed by atoms with Crippen LogP contribution in [-0.2, 0) is 0 Å². The van der Waals surface area contributed by atoms with Gasteiger partial charge in [0.25, 0.3) is 5.69 Å². The molecule has 2 aromatic rings. The zero-order chi connectivity index (χ0) is 16.1. The summed E-state index contributed by atoms with van der Waals surface area (Å²) in [6.45, 7) is 2.04. The molecule has 1 atom stereocenters. The largest absolute Gasteiger partial charge is 0.377 e. The number of hydrogen-bond acceptors (Lipinski definition) is 4. The van der Waals surface area contributed by atoms with E-state index in [9.17, 15) is 15.4 Å². The Hall–Kier alpha value is -2.39. The van der Waals surface area contributed by atoms with Crippen molar-refractivity contribution >= 4 is 27.3 Å². The van der Waals surface area contributed by atoms with Crippen LogP contribution in [0.1, 0.15) is 30.5 Å². The van der Waals surface area contributed by atoms with Gasteiger partial charge >= 0.3 is 0 Å². The van der Waals surface area contributed by atoms with Crippen LogP contribution in [0.4, 0.5) is 11.4 Å². The maximum absolute atomic E-state index is 10.8. The fraction of sp³-hybridized carbons (Fsp3) is 0.188. The molecule has 6 heteroatoms. The number of rotatable bonds is 5. The third-order valence-electron chi connectivity index (χ3n) is 3.34. The van der Waals surface area contributed by atoms with E-state index >= 15 is 0 Å². The molecule has 0 aromatic heterocycles. The summed E-state index contributed by atoms with van der Waals surface area (Å²) < 4.78 is 0.999. The lowest BCUT2D eigenvalue weighted by atomic mass is 10.0. The van der Waals surface area contributed by atoms with Crippen LogP contribution in [0.2, 0.25) is 0 Å². The molecule has 0 heterocycles. The third-order valence-corrected chi connectivity index (χ3v) is 3.87. The van der Waals surface area contributed by atoms with Crippen LogP contribution in [0.3, 0.4) is 0 Å². The first-order valence-electron chi connectivity index (χ1n) is 6.75. The quantitative estimate of drug-likeness (QED) is 0.614. The number of halogens is 1. The predicted octanol–water partition coefficient (Wildman–Crippen LogP) is 4.79. The molecule has 22 heavy (non-hydrogen) atoms. The zero-order valence-electron chi connectivity index (χ0n) is 11.9.